The zero-order chi connectivity index (χ0) is 15.1. The van der Waals surface area contributed by atoms with Crippen LogP contribution in [0.15, 0.2) is 30.6 Å². The van der Waals surface area contributed by atoms with E-state index >= 15 is 0 Å². The van der Waals surface area contributed by atoms with Gasteiger partial charge >= 0.3 is 0 Å². The predicted octanol–water partition coefficient (Wildman–Crippen LogP) is 2.17. The second-order valence-corrected chi connectivity index (χ2v) is 4.26. The maximum atomic E-state index is 8.65. The fourth-order valence-corrected chi connectivity index (χ4v) is 1.91. The summed E-state index contributed by atoms with van der Waals surface area (Å²) in [5.41, 5.74) is 2.68. The molecular weight excluding hydrogens is 268 g/mol. The summed E-state index contributed by atoms with van der Waals surface area (Å²) >= 11 is 0. The third-order valence-corrected chi connectivity index (χ3v) is 2.96. The third kappa shape index (κ3) is 3.60. The van der Waals surface area contributed by atoms with Crippen molar-refractivity contribution < 1.29 is 9.47 Å². The first-order valence-electron chi connectivity index (χ1n) is 6.40. The first kappa shape index (κ1) is 14.6. The van der Waals surface area contributed by atoms with Crippen molar-refractivity contribution in [3.05, 3.63) is 41.7 Å². The van der Waals surface area contributed by atoms with E-state index < -0.39 is 0 Å². The van der Waals surface area contributed by atoms with E-state index in [0.29, 0.717) is 24.7 Å². The molecule has 0 amide bonds. The molecule has 1 aromatic carbocycles. The highest BCUT2D eigenvalue weighted by atomic mass is 16.5. The van der Waals surface area contributed by atoms with Gasteiger partial charge < -0.3 is 14.8 Å². The number of methoxy groups -OCH3 is 2. The molecule has 1 aromatic heterocycles. The number of rotatable bonds is 6. The summed E-state index contributed by atoms with van der Waals surface area (Å²) in [6.45, 7) is 0.477. The Morgan fingerprint density at radius 3 is 2.24 bits per heavy atom. The molecule has 6 heteroatoms. The maximum absolute atomic E-state index is 8.65. The zero-order valence-electron chi connectivity index (χ0n) is 12.0. The van der Waals surface area contributed by atoms with Crippen molar-refractivity contribution in [3.63, 3.8) is 0 Å². The first-order chi connectivity index (χ1) is 10.3. The van der Waals surface area contributed by atoms with Gasteiger partial charge in [-0.05, 0) is 17.7 Å². The average Bonchev–Trinajstić information content (AvgIpc) is 2.54. The first-order valence-corrected chi connectivity index (χ1v) is 6.40. The highest BCUT2D eigenvalue weighted by Gasteiger charge is 2.12. The summed E-state index contributed by atoms with van der Waals surface area (Å²) in [6, 6.07) is 9.81. The molecule has 0 unspecified atom stereocenters. The van der Waals surface area contributed by atoms with Gasteiger partial charge in [0.05, 0.1) is 38.8 Å². The molecule has 6 nitrogen and oxygen atoms in total. The minimum absolute atomic E-state index is 0.411. The van der Waals surface area contributed by atoms with E-state index in [9.17, 15) is 0 Å². The summed E-state index contributed by atoms with van der Waals surface area (Å²) in [5, 5.41) is 11.9. The summed E-state index contributed by atoms with van der Waals surface area (Å²) < 4.78 is 10.4. The maximum Gasteiger partial charge on any atom is 0.225 e. The van der Waals surface area contributed by atoms with Crippen LogP contribution in [0.3, 0.4) is 0 Å². The Hall–Kier alpha value is -2.81. The monoisotopic (exact) mass is 284 g/mol. The minimum atomic E-state index is 0.411. The number of anilines is 1. The van der Waals surface area contributed by atoms with Crippen molar-refractivity contribution in [2.24, 2.45) is 0 Å². The van der Waals surface area contributed by atoms with Crippen molar-refractivity contribution in [3.8, 4) is 17.8 Å². The Kier molecular flexibility index (Phi) is 4.94. The fourth-order valence-electron chi connectivity index (χ4n) is 1.91. The molecule has 0 bridgehead atoms. The lowest BCUT2D eigenvalue weighted by atomic mass is 10.1. The van der Waals surface area contributed by atoms with E-state index in [4.69, 9.17) is 14.7 Å². The molecule has 0 saturated heterocycles. The average molecular weight is 284 g/mol. The highest BCUT2D eigenvalue weighted by molar-refractivity contribution is 5.47. The standard InChI is InChI=1S/C15H16N4O2/c1-20-14-13(15(21-2)19-10-18-14)9-17-12-5-3-11(4-6-12)7-8-16/h3-6,10,17H,7,9H2,1-2H3. The molecule has 21 heavy (non-hydrogen) atoms. The molecule has 0 aliphatic carbocycles. The van der Waals surface area contributed by atoms with E-state index in [1.54, 1.807) is 14.2 Å². The van der Waals surface area contributed by atoms with Gasteiger partial charge in [-0.1, -0.05) is 12.1 Å². The van der Waals surface area contributed by atoms with E-state index in [1.807, 2.05) is 24.3 Å². The van der Waals surface area contributed by atoms with Crippen LogP contribution in [0.4, 0.5) is 5.69 Å². The van der Waals surface area contributed by atoms with Crippen LogP contribution in [-0.4, -0.2) is 24.2 Å². The Labute approximate surface area is 123 Å². The lowest BCUT2D eigenvalue weighted by Crippen LogP contribution is -2.06. The van der Waals surface area contributed by atoms with E-state index in [-0.39, 0.29) is 0 Å². The highest BCUT2D eigenvalue weighted by Crippen LogP contribution is 2.24. The lowest BCUT2D eigenvalue weighted by Gasteiger charge is -2.12. The Morgan fingerprint density at radius 1 is 1.10 bits per heavy atom. The Morgan fingerprint density at radius 2 is 1.71 bits per heavy atom. The number of ether oxygens (including phenoxy) is 2. The molecular formula is C15H16N4O2. The Balaban J connectivity index is 2.11. The fraction of sp³-hybridized carbons (Fsp3) is 0.267. The number of aromatic nitrogens is 2. The van der Waals surface area contributed by atoms with Gasteiger partial charge in [0.15, 0.2) is 0 Å². The van der Waals surface area contributed by atoms with Gasteiger partial charge in [-0.2, -0.15) is 5.26 Å². The van der Waals surface area contributed by atoms with Gasteiger partial charge in [-0.3, -0.25) is 0 Å². The van der Waals surface area contributed by atoms with Crippen molar-refractivity contribution in [2.75, 3.05) is 19.5 Å². The summed E-state index contributed by atoms with van der Waals surface area (Å²) in [7, 11) is 3.11. The van der Waals surface area contributed by atoms with E-state index in [1.165, 1.54) is 6.33 Å². The van der Waals surface area contributed by atoms with Crippen molar-refractivity contribution in [1.29, 1.82) is 5.26 Å². The second kappa shape index (κ2) is 7.10. The van der Waals surface area contributed by atoms with Crippen LogP contribution in [-0.2, 0) is 13.0 Å². The molecule has 1 heterocycles. The molecule has 108 valence electrons. The van der Waals surface area contributed by atoms with Gasteiger partial charge in [-0.15, -0.1) is 0 Å². The van der Waals surface area contributed by atoms with Crippen LogP contribution in [0, 0.1) is 11.3 Å². The van der Waals surface area contributed by atoms with Crippen molar-refractivity contribution >= 4 is 5.69 Å². The smallest absolute Gasteiger partial charge is 0.225 e. The summed E-state index contributed by atoms with van der Waals surface area (Å²) in [6.07, 6.45) is 1.81. The van der Waals surface area contributed by atoms with Crippen molar-refractivity contribution in [2.45, 2.75) is 13.0 Å². The van der Waals surface area contributed by atoms with E-state index in [0.717, 1.165) is 16.8 Å². The molecule has 0 fully saturated rings. The van der Waals surface area contributed by atoms with Crippen LogP contribution >= 0.6 is 0 Å². The van der Waals surface area contributed by atoms with Gasteiger partial charge in [0.25, 0.3) is 0 Å². The summed E-state index contributed by atoms with van der Waals surface area (Å²) in [4.78, 5) is 8.13. The molecule has 2 rings (SSSR count). The molecule has 0 spiro atoms. The van der Waals surface area contributed by atoms with Gasteiger partial charge in [-0.25, -0.2) is 9.97 Å². The number of hydrogen-bond donors (Lipinski definition) is 1. The zero-order valence-corrected chi connectivity index (χ0v) is 12.0. The quantitative estimate of drug-likeness (QED) is 0.875. The predicted molar refractivity (Wildman–Crippen MR) is 78.2 cm³/mol. The van der Waals surface area contributed by atoms with Crippen LogP contribution in [0.5, 0.6) is 11.8 Å². The van der Waals surface area contributed by atoms with Crippen LogP contribution in [0.2, 0.25) is 0 Å². The van der Waals surface area contributed by atoms with Gasteiger partial charge in [0.2, 0.25) is 11.8 Å². The number of nitrogens with zero attached hydrogens (tertiary/aromatic N) is 3. The van der Waals surface area contributed by atoms with Crippen LogP contribution < -0.4 is 14.8 Å². The lowest BCUT2D eigenvalue weighted by molar-refractivity contribution is 0.363. The van der Waals surface area contributed by atoms with Crippen LogP contribution in [0.1, 0.15) is 11.1 Å². The van der Waals surface area contributed by atoms with Crippen LogP contribution in [0.25, 0.3) is 0 Å². The second-order valence-electron chi connectivity index (χ2n) is 4.26. The number of nitrogens with one attached hydrogen (secondary N) is 1. The normalized spacial score (nSPS) is 9.76. The molecule has 0 radical (unpaired) electrons. The number of hydrogen-bond acceptors (Lipinski definition) is 6. The molecule has 2 aromatic rings. The number of benzene rings is 1. The topological polar surface area (TPSA) is 80.1 Å². The summed E-state index contributed by atoms with van der Waals surface area (Å²) in [5.74, 6) is 0.964. The SMILES string of the molecule is COc1ncnc(OC)c1CNc1ccc(CC#N)cc1. The molecule has 0 aliphatic rings. The largest absolute Gasteiger partial charge is 0.481 e. The molecule has 1 N–H and O–H groups in total. The molecule has 0 atom stereocenters. The number of nitriles is 1. The van der Waals surface area contributed by atoms with E-state index in [2.05, 4.69) is 21.4 Å². The third-order valence-electron chi connectivity index (χ3n) is 2.96. The minimum Gasteiger partial charge on any atom is -0.481 e. The Bertz CT molecular complexity index is 613. The van der Waals surface area contributed by atoms with Gasteiger partial charge in [0.1, 0.15) is 6.33 Å². The molecule has 0 saturated carbocycles. The van der Waals surface area contributed by atoms with Crippen molar-refractivity contribution in [1.82, 2.24) is 9.97 Å². The molecule has 0 aliphatic heterocycles. The van der Waals surface area contributed by atoms with Gasteiger partial charge in [0, 0.05) is 5.69 Å².